The third kappa shape index (κ3) is 1.83. The number of hydrazone groups is 1. The zero-order valence-electron chi connectivity index (χ0n) is 8.84. The van der Waals surface area contributed by atoms with Crippen LogP contribution in [0.4, 0.5) is 5.69 Å². The molecule has 0 saturated heterocycles. The van der Waals surface area contributed by atoms with Gasteiger partial charge in [-0.25, -0.2) is 0 Å². The lowest BCUT2D eigenvalue weighted by molar-refractivity contribution is -0.116. The fourth-order valence-corrected chi connectivity index (χ4v) is 1.44. The van der Waals surface area contributed by atoms with Crippen LogP contribution in [0.25, 0.3) is 0 Å². The maximum atomic E-state index is 11.7. The summed E-state index contributed by atoms with van der Waals surface area (Å²) in [5.41, 5.74) is 0.819. The Labute approximate surface area is 88.8 Å². The molecule has 0 aromatic heterocycles. The largest absolute Gasteiger partial charge is 0.364 e. The molecule has 0 atom stereocenters. The molecule has 1 aliphatic heterocycles. The standard InChI is InChI=1S/C11H13N3O/c1-13(2)10-8-11(15)14(12-10)9-6-4-3-5-7-9/h3-7H,8H2,1-2H3. The zero-order valence-corrected chi connectivity index (χ0v) is 8.84. The monoisotopic (exact) mass is 203 g/mol. The average Bonchev–Trinajstić information content (AvgIpc) is 2.62. The summed E-state index contributed by atoms with van der Waals surface area (Å²) in [5, 5.41) is 5.72. The highest BCUT2D eigenvalue weighted by Crippen LogP contribution is 2.19. The summed E-state index contributed by atoms with van der Waals surface area (Å²) >= 11 is 0. The van der Waals surface area contributed by atoms with E-state index in [2.05, 4.69) is 5.10 Å². The van der Waals surface area contributed by atoms with Crippen LogP contribution >= 0.6 is 0 Å². The SMILES string of the molecule is CN(C)C1=NN(c2ccccc2)C(=O)C1. The van der Waals surface area contributed by atoms with Gasteiger partial charge in [0.2, 0.25) is 0 Å². The number of amides is 1. The van der Waals surface area contributed by atoms with E-state index in [9.17, 15) is 4.79 Å². The molecule has 0 bridgehead atoms. The maximum Gasteiger partial charge on any atom is 0.255 e. The molecule has 0 unspecified atom stereocenters. The lowest BCUT2D eigenvalue weighted by atomic mass is 10.3. The first kappa shape index (κ1) is 9.71. The van der Waals surface area contributed by atoms with Crippen LogP contribution in [0.1, 0.15) is 6.42 Å². The summed E-state index contributed by atoms with van der Waals surface area (Å²) in [4.78, 5) is 13.5. The Kier molecular flexibility index (Phi) is 2.41. The fraction of sp³-hybridized carbons (Fsp3) is 0.273. The molecule has 1 heterocycles. The van der Waals surface area contributed by atoms with Crippen LogP contribution < -0.4 is 5.01 Å². The average molecular weight is 203 g/mol. The van der Waals surface area contributed by atoms with Crippen molar-refractivity contribution < 1.29 is 4.79 Å². The molecule has 0 radical (unpaired) electrons. The van der Waals surface area contributed by atoms with Crippen molar-refractivity contribution in [2.75, 3.05) is 19.1 Å². The smallest absolute Gasteiger partial charge is 0.255 e. The molecular formula is C11H13N3O. The minimum absolute atomic E-state index is 0.0184. The van der Waals surface area contributed by atoms with Crippen LogP contribution in [0.15, 0.2) is 35.4 Å². The van der Waals surface area contributed by atoms with Crippen molar-refractivity contribution in [1.29, 1.82) is 0 Å². The highest BCUT2D eigenvalue weighted by molar-refractivity contribution is 6.11. The number of carbonyl (C=O) groups is 1. The van der Waals surface area contributed by atoms with Gasteiger partial charge in [-0.2, -0.15) is 10.1 Å². The van der Waals surface area contributed by atoms with Gasteiger partial charge in [-0.3, -0.25) is 4.79 Å². The van der Waals surface area contributed by atoms with Gasteiger partial charge in [-0.15, -0.1) is 0 Å². The Morgan fingerprint density at radius 3 is 2.47 bits per heavy atom. The summed E-state index contributed by atoms with van der Waals surface area (Å²) in [6, 6.07) is 9.46. The number of anilines is 1. The Morgan fingerprint density at radius 2 is 1.93 bits per heavy atom. The third-order valence-corrected chi connectivity index (χ3v) is 2.28. The summed E-state index contributed by atoms with van der Waals surface area (Å²) in [6.45, 7) is 0. The highest BCUT2D eigenvalue weighted by Gasteiger charge is 2.25. The van der Waals surface area contributed by atoms with E-state index in [1.54, 1.807) is 0 Å². The van der Waals surface area contributed by atoms with Gasteiger partial charge in [0.1, 0.15) is 5.84 Å². The van der Waals surface area contributed by atoms with E-state index in [-0.39, 0.29) is 5.91 Å². The van der Waals surface area contributed by atoms with E-state index < -0.39 is 0 Å². The first-order valence-electron chi connectivity index (χ1n) is 4.81. The van der Waals surface area contributed by atoms with Crippen LogP contribution in [0.5, 0.6) is 0 Å². The van der Waals surface area contributed by atoms with Gasteiger partial charge in [0.15, 0.2) is 0 Å². The topological polar surface area (TPSA) is 35.9 Å². The fourth-order valence-electron chi connectivity index (χ4n) is 1.44. The minimum Gasteiger partial charge on any atom is -0.364 e. The number of nitrogens with zero attached hydrogens (tertiary/aromatic N) is 3. The normalized spacial score (nSPS) is 15.5. The second-order valence-electron chi connectivity index (χ2n) is 3.63. The minimum atomic E-state index is 0.0184. The predicted octanol–water partition coefficient (Wildman–Crippen LogP) is 1.30. The van der Waals surface area contributed by atoms with E-state index in [4.69, 9.17) is 0 Å². The zero-order chi connectivity index (χ0) is 10.8. The number of rotatable bonds is 1. The molecule has 1 aliphatic rings. The quantitative estimate of drug-likeness (QED) is 0.689. The molecule has 0 N–H and O–H groups in total. The number of hydrogen-bond donors (Lipinski definition) is 0. The Bertz CT molecular complexity index is 398. The molecule has 1 aromatic rings. The van der Waals surface area contributed by atoms with Crippen molar-refractivity contribution in [1.82, 2.24) is 4.90 Å². The van der Waals surface area contributed by atoms with E-state index in [1.807, 2.05) is 49.3 Å². The number of amidine groups is 1. The van der Waals surface area contributed by atoms with Crippen LogP contribution in [0, 0.1) is 0 Å². The van der Waals surface area contributed by atoms with Crippen LogP contribution in [0.3, 0.4) is 0 Å². The number of hydrogen-bond acceptors (Lipinski definition) is 3. The number of carbonyl (C=O) groups excluding carboxylic acids is 1. The summed E-state index contributed by atoms with van der Waals surface area (Å²) in [7, 11) is 3.78. The molecule has 1 amide bonds. The van der Waals surface area contributed by atoms with Gasteiger partial charge < -0.3 is 4.90 Å². The summed E-state index contributed by atoms with van der Waals surface area (Å²) in [5.74, 6) is 0.814. The molecule has 4 heteroatoms. The van der Waals surface area contributed by atoms with Crippen LogP contribution in [0.2, 0.25) is 0 Å². The highest BCUT2D eigenvalue weighted by atomic mass is 16.2. The van der Waals surface area contributed by atoms with E-state index in [0.717, 1.165) is 11.5 Å². The lowest BCUT2D eigenvalue weighted by Crippen LogP contribution is -2.21. The molecule has 1 aromatic carbocycles. The third-order valence-electron chi connectivity index (χ3n) is 2.28. The summed E-state index contributed by atoms with van der Waals surface area (Å²) < 4.78 is 0. The lowest BCUT2D eigenvalue weighted by Gasteiger charge is -2.11. The molecule has 0 fully saturated rings. The number of para-hydroxylation sites is 1. The first-order chi connectivity index (χ1) is 7.18. The Hall–Kier alpha value is -1.84. The maximum absolute atomic E-state index is 11.7. The van der Waals surface area contributed by atoms with E-state index in [0.29, 0.717) is 6.42 Å². The van der Waals surface area contributed by atoms with Crippen LogP contribution in [-0.4, -0.2) is 30.7 Å². The van der Waals surface area contributed by atoms with E-state index in [1.165, 1.54) is 5.01 Å². The molecule has 0 spiro atoms. The Balaban J connectivity index is 2.28. The molecular weight excluding hydrogens is 190 g/mol. The molecule has 78 valence electrons. The second-order valence-corrected chi connectivity index (χ2v) is 3.63. The Morgan fingerprint density at radius 1 is 1.27 bits per heavy atom. The molecule has 0 saturated carbocycles. The molecule has 0 aliphatic carbocycles. The van der Waals surface area contributed by atoms with Gasteiger partial charge >= 0.3 is 0 Å². The van der Waals surface area contributed by atoms with Crippen molar-refractivity contribution in [3.05, 3.63) is 30.3 Å². The molecule has 4 nitrogen and oxygen atoms in total. The van der Waals surface area contributed by atoms with Gasteiger partial charge in [0.05, 0.1) is 12.1 Å². The van der Waals surface area contributed by atoms with Crippen molar-refractivity contribution in [3.63, 3.8) is 0 Å². The predicted molar refractivity (Wildman–Crippen MR) is 59.7 cm³/mol. The number of benzene rings is 1. The van der Waals surface area contributed by atoms with Crippen molar-refractivity contribution in [2.45, 2.75) is 6.42 Å². The van der Waals surface area contributed by atoms with Crippen molar-refractivity contribution >= 4 is 17.4 Å². The second kappa shape index (κ2) is 3.73. The van der Waals surface area contributed by atoms with E-state index >= 15 is 0 Å². The molecule has 15 heavy (non-hydrogen) atoms. The molecule has 2 rings (SSSR count). The van der Waals surface area contributed by atoms with Gasteiger partial charge in [-0.05, 0) is 12.1 Å². The first-order valence-corrected chi connectivity index (χ1v) is 4.81. The van der Waals surface area contributed by atoms with Crippen LogP contribution in [-0.2, 0) is 4.79 Å². The van der Waals surface area contributed by atoms with Crippen molar-refractivity contribution in [2.24, 2.45) is 5.10 Å². The van der Waals surface area contributed by atoms with Crippen molar-refractivity contribution in [3.8, 4) is 0 Å². The van der Waals surface area contributed by atoms with Gasteiger partial charge in [0, 0.05) is 14.1 Å². The van der Waals surface area contributed by atoms with Gasteiger partial charge in [0.25, 0.3) is 5.91 Å². The summed E-state index contributed by atoms with van der Waals surface area (Å²) in [6.07, 6.45) is 0.377. The van der Waals surface area contributed by atoms with Gasteiger partial charge in [-0.1, -0.05) is 18.2 Å².